The first kappa shape index (κ1) is 24.5. The Morgan fingerprint density at radius 3 is 1.96 bits per heavy atom. The molecular formula is C25H38ClNO. The summed E-state index contributed by atoms with van der Waals surface area (Å²) in [5.41, 5.74) is 4.18. The molecule has 0 aliphatic heterocycles. The van der Waals surface area contributed by atoms with Crippen LogP contribution in [0.15, 0.2) is 48.5 Å². The third kappa shape index (κ3) is 7.14. The lowest BCUT2D eigenvalue weighted by atomic mass is 9.92. The second-order valence-electron chi connectivity index (χ2n) is 9.23. The molecule has 0 bridgehead atoms. The molecule has 0 amide bonds. The standard InChI is InChI=1S/C25H38NO.ClH/c1-19(2)16-23-14-11-15-25(24(23)17-20(3)4)27-21(5)26(6,7)18-22-12-9-8-10-13-22;/h8-15,19-21H,16-18H2,1-7H3;1H/q+1;/p-1. The first-order chi connectivity index (χ1) is 12.7. The fourth-order valence-corrected chi connectivity index (χ4v) is 3.50. The van der Waals surface area contributed by atoms with E-state index in [9.17, 15) is 0 Å². The van der Waals surface area contributed by atoms with Crippen LogP contribution in [0.1, 0.15) is 51.3 Å². The maximum Gasteiger partial charge on any atom is 0.230 e. The van der Waals surface area contributed by atoms with Crippen molar-refractivity contribution < 1.29 is 21.6 Å². The summed E-state index contributed by atoms with van der Waals surface area (Å²) in [4.78, 5) is 0. The lowest BCUT2D eigenvalue weighted by molar-refractivity contribution is -0.943. The summed E-state index contributed by atoms with van der Waals surface area (Å²) in [6, 6.07) is 17.3. The van der Waals surface area contributed by atoms with Crippen molar-refractivity contribution in [3.8, 4) is 5.75 Å². The lowest BCUT2D eigenvalue weighted by Crippen LogP contribution is -3.00. The highest BCUT2D eigenvalue weighted by Gasteiger charge is 2.27. The van der Waals surface area contributed by atoms with E-state index in [1.165, 1.54) is 16.7 Å². The van der Waals surface area contributed by atoms with Crippen LogP contribution in [0.25, 0.3) is 0 Å². The molecule has 3 heteroatoms. The molecule has 2 rings (SSSR count). The van der Waals surface area contributed by atoms with E-state index in [1.807, 2.05) is 0 Å². The van der Waals surface area contributed by atoms with Gasteiger partial charge in [0.15, 0.2) is 0 Å². The van der Waals surface area contributed by atoms with E-state index in [-0.39, 0.29) is 18.6 Å². The van der Waals surface area contributed by atoms with E-state index in [2.05, 4.69) is 97.2 Å². The summed E-state index contributed by atoms with van der Waals surface area (Å²) in [5, 5.41) is 0. The van der Waals surface area contributed by atoms with Crippen molar-refractivity contribution in [1.82, 2.24) is 0 Å². The fourth-order valence-electron chi connectivity index (χ4n) is 3.50. The molecule has 1 atom stereocenters. The number of ether oxygens (including phenoxy) is 1. The van der Waals surface area contributed by atoms with Crippen LogP contribution in [-0.2, 0) is 19.4 Å². The maximum absolute atomic E-state index is 6.58. The number of nitrogens with zero attached hydrogens (tertiary/aromatic N) is 1. The van der Waals surface area contributed by atoms with Gasteiger partial charge in [-0.1, -0.05) is 70.2 Å². The van der Waals surface area contributed by atoms with Gasteiger partial charge in [0.1, 0.15) is 12.3 Å². The molecule has 2 aromatic carbocycles. The Bertz CT molecular complexity index is 710. The molecule has 0 aliphatic carbocycles. The normalized spacial score (nSPS) is 12.8. The van der Waals surface area contributed by atoms with Crippen LogP contribution in [0, 0.1) is 11.8 Å². The van der Waals surface area contributed by atoms with E-state index in [0.717, 1.165) is 29.6 Å². The summed E-state index contributed by atoms with van der Waals surface area (Å²) >= 11 is 0. The molecule has 156 valence electrons. The number of hydrogen-bond acceptors (Lipinski definition) is 1. The Morgan fingerprint density at radius 2 is 1.39 bits per heavy atom. The monoisotopic (exact) mass is 403 g/mol. The van der Waals surface area contributed by atoms with Gasteiger partial charge in [-0.3, -0.25) is 4.48 Å². The highest BCUT2D eigenvalue weighted by molar-refractivity contribution is 5.41. The van der Waals surface area contributed by atoms with Crippen molar-refractivity contribution in [2.75, 3.05) is 14.1 Å². The number of hydrogen-bond donors (Lipinski definition) is 0. The molecule has 0 heterocycles. The minimum Gasteiger partial charge on any atom is -1.00 e. The minimum absolute atomic E-state index is 0. The summed E-state index contributed by atoms with van der Waals surface area (Å²) in [5.74, 6) is 2.32. The van der Waals surface area contributed by atoms with Gasteiger partial charge in [0.2, 0.25) is 6.23 Å². The molecular weight excluding hydrogens is 366 g/mol. The van der Waals surface area contributed by atoms with E-state index in [0.29, 0.717) is 11.8 Å². The van der Waals surface area contributed by atoms with Crippen LogP contribution >= 0.6 is 0 Å². The van der Waals surface area contributed by atoms with Gasteiger partial charge in [-0.05, 0) is 41.9 Å². The van der Waals surface area contributed by atoms with E-state index in [1.54, 1.807) is 0 Å². The van der Waals surface area contributed by atoms with Crippen molar-refractivity contribution in [3.63, 3.8) is 0 Å². The van der Waals surface area contributed by atoms with Gasteiger partial charge in [0.25, 0.3) is 0 Å². The predicted molar refractivity (Wildman–Crippen MR) is 116 cm³/mol. The molecule has 0 saturated heterocycles. The smallest absolute Gasteiger partial charge is 0.230 e. The first-order valence-electron chi connectivity index (χ1n) is 10.3. The van der Waals surface area contributed by atoms with Gasteiger partial charge in [-0.2, -0.15) is 0 Å². The zero-order valence-electron chi connectivity index (χ0n) is 18.7. The molecule has 2 aromatic rings. The second-order valence-corrected chi connectivity index (χ2v) is 9.23. The Morgan fingerprint density at radius 1 is 0.786 bits per heavy atom. The van der Waals surface area contributed by atoms with Crippen molar-refractivity contribution >= 4 is 0 Å². The average molecular weight is 404 g/mol. The zero-order chi connectivity index (χ0) is 20.0. The van der Waals surface area contributed by atoms with Crippen molar-refractivity contribution in [3.05, 3.63) is 65.2 Å². The van der Waals surface area contributed by atoms with Gasteiger partial charge in [0.05, 0.1) is 14.1 Å². The molecule has 0 N–H and O–H groups in total. The van der Waals surface area contributed by atoms with Gasteiger partial charge in [-0.25, -0.2) is 0 Å². The molecule has 0 aromatic heterocycles. The van der Waals surface area contributed by atoms with Crippen molar-refractivity contribution in [2.45, 2.75) is 60.2 Å². The van der Waals surface area contributed by atoms with Crippen LogP contribution in [0.5, 0.6) is 5.75 Å². The highest BCUT2D eigenvalue weighted by atomic mass is 35.5. The third-order valence-electron chi connectivity index (χ3n) is 5.19. The number of halogens is 1. The van der Waals surface area contributed by atoms with Crippen LogP contribution in [0.4, 0.5) is 0 Å². The fraction of sp³-hybridized carbons (Fsp3) is 0.520. The summed E-state index contributed by atoms with van der Waals surface area (Å²) in [7, 11) is 4.50. The number of quaternary nitrogens is 1. The van der Waals surface area contributed by atoms with Crippen LogP contribution < -0.4 is 17.1 Å². The lowest BCUT2D eigenvalue weighted by Gasteiger charge is -2.36. The van der Waals surface area contributed by atoms with Gasteiger partial charge < -0.3 is 17.1 Å². The number of benzene rings is 2. The number of rotatable bonds is 9. The van der Waals surface area contributed by atoms with Crippen LogP contribution in [-0.4, -0.2) is 24.8 Å². The summed E-state index contributed by atoms with van der Waals surface area (Å²) < 4.78 is 7.37. The Labute approximate surface area is 178 Å². The van der Waals surface area contributed by atoms with E-state index < -0.39 is 0 Å². The largest absolute Gasteiger partial charge is 1.00 e. The Balaban J connectivity index is 0.00000392. The van der Waals surface area contributed by atoms with Crippen molar-refractivity contribution in [1.29, 1.82) is 0 Å². The molecule has 1 unspecified atom stereocenters. The molecule has 0 fully saturated rings. The van der Waals surface area contributed by atoms with Crippen molar-refractivity contribution in [2.24, 2.45) is 11.8 Å². The van der Waals surface area contributed by atoms with Gasteiger partial charge in [-0.15, -0.1) is 0 Å². The average Bonchev–Trinajstić information content (AvgIpc) is 2.57. The SMILES string of the molecule is CC(C)Cc1cccc(OC(C)[N+](C)(C)Cc2ccccc2)c1CC(C)C.[Cl-]. The second kappa shape index (κ2) is 10.9. The van der Waals surface area contributed by atoms with E-state index in [4.69, 9.17) is 4.74 Å². The molecule has 0 aliphatic rings. The van der Waals surface area contributed by atoms with Crippen LogP contribution in [0.3, 0.4) is 0 Å². The van der Waals surface area contributed by atoms with Gasteiger partial charge >= 0.3 is 0 Å². The third-order valence-corrected chi connectivity index (χ3v) is 5.19. The van der Waals surface area contributed by atoms with Gasteiger partial charge in [0, 0.05) is 12.5 Å². The topological polar surface area (TPSA) is 9.23 Å². The molecule has 0 saturated carbocycles. The molecule has 0 spiro atoms. The quantitative estimate of drug-likeness (QED) is 0.461. The Hall–Kier alpha value is -1.51. The van der Waals surface area contributed by atoms with Crippen LogP contribution in [0.2, 0.25) is 0 Å². The maximum atomic E-state index is 6.58. The summed E-state index contributed by atoms with van der Waals surface area (Å²) in [6.45, 7) is 12.3. The Kier molecular flexibility index (Phi) is 9.53. The highest BCUT2D eigenvalue weighted by Crippen LogP contribution is 2.29. The molecule has 2 nitrogen and oxygen atoms in total. The minimum atomic E-state index is 0. The first-order valence-corrected chi connectivity index (χ1v) is 10.3. The molecule has 28 heavy (non-hydrogen) atoms. The molecule has 0 radical (unpaired) electrons. The van der Waals surface area contributed by atoms with E-state index >= 15 is 0 Å². The predicted octanol–water partition coefficient (Wildman–Crippen LogP) is 3.09. The zero-order valence-corrected chi connectivity index (χ0v) is 19.5. The summed E-state index contributed by atoms with van der Waals surface area (Å²) in [6.07, 6.45) is 2.25.